The second-order valence-electron chi connectivity index (χ2n) is 6.73. The molecule has 3 aromatic rings. The first-order valence-electron chi connectivity index (χ1n) is 9.47. The minimum Gasteiger partial charge on any atom is -0.379 e. The number of halogens is 1. The van der Waals surface area contributed by atoms with Gasteiger partial charge >= 0.3 is 0 Å². The summed E-state index contributed by atoms with van der Waals surface area (Å²) in [4.78, 5) is 22.8. The minimum atomic E-state index is -0.366. The summed E-state index contributed by atoms with van der Waals surface area (Å²) in [5.74, 6) is -0.483. The van der Waals surface area contributed by atoms with Crippen LogP contribution in [0.5, 0.6) is 0 Å². The number of hydrogen-bond acceptors (Lipinski definition) is 6. The molecule has 1 aliphatic rings. The smallest absolute Gasteiger partial charge is 0.260 e. The Labute approximate surface area is 177 Å². The number of para-hydroxylation sites is 1. The standard InChI is InChI=1S/C21H22FN3O2S2/c1-28-16-5-2-4-15(14-16)20(26)25(9-8-24-10-12-27-13-11-24)21-23-19-17(22)6-3-7-18(19)29-21/h2-7,14H,8-13H2,1H3. The molecule has 1 saturated heterocycles. The maximum absolute atomic E-state index is 14.2. The Balaban J connectivity index is 1.65. The lowest BCUT2D eigenvalue weighted by Crippen LogP contribution is -2.43. The highest BCUT2D eigenvalue weighted by molar-refractivity contribution is 7.98. The molecule has 0 atom stereocenters. The van der Waals surface area contributed by atoms with Gasteiger partial charge in [0.1, 0.15) is 11.3 Å². The number of benzene rings is 2. The lowest BCUT2D eigenvalue weighted by molar-refractivity contribution is 0.0391. The number of thioether (sulfide) groups is 1. The molecular formula is C21H22FN3O2S2. The predicted molar refractivity (Wildman–Crippen MR) is 117 cm³/mol. The molecule has 0 radical (unpaired) electrons. The molecule has 0 unspecified atom stereocenters. The van der Waals surface area contributed by atoms with Gasteiger partial charge < -0.3 is 4.74 Å². The van der Waals surface area contributed by atoms with Crippen molar-refractivity contribution in [3.05, 3.63) is 53.8 Å². The fourth-order valence-electron chi connectivity index (χ4n) is 3.28. The van der Waals surface area contributed by atoms with Gasteiger partial charge in [-0.1, -0.05) is 23.5 Å². The maximum Gasteiger partial charge on any atom is 0.260 e. The zero-order chi connectivity index (χ0) is 20.2. The van der Waals surface area contributed by atoms with Crippen LogP contribution in [0.2, 0.25) is 0 Å². The molecule has 0 N–H and O–H groups in total. The molecule has 0 bridgehead atoms. The topological polar surface area (TPSA) is 45.7 Å². The van der Waals surface area contributed by atoms with E-state index in [1.54, 1.807) is 22.7 Å². The second kappa shape index (κ2) is 9.21. The van der Waals surface area contributed by atoms with Crippen molar-refractivity contribution in [2.75, 3.05) is 50.5 Å². The molecule has 1 fully saturated rings. The number of carbonyl (C=O) groups excluding carboxylic acids is 1. The fourth-order valence-corrected chi connectivity index (χ4v) is 4.74. The molecule has 8 heteroatoms. The number of hydrogen-bond donors (Lipinski definition) is 0. The van der Waals surface area contributed by atoms with E-state index in [0.717, 1.165) is 29.2 Å². The lowest BCUT2D eigenvalue weighted by Gasteiger charge is -2.29. The highest BCUT2D eigenvalue weighted by atomic mass is 32.2. The third-order valence-electron chi connectivity index (χ3n) is 4.89. The molecule has 4 rings (SSSR count). The van der Waals surface area contributed by atoms with Crippen molar-refractivity contribution in [3.63, 3.8) is 0 Å². The van der Waals surface area contributed by atoms with Crippen molar-refractivity contribution >= 4 is 44.4 Å². The van der Waals surface area contributed by atoms with Crippen molar-refractivity contribution in [2.45, 2.75) is 4.90 Å². The molecule has 2 heterocycles. The van der Waals surface area contributed by atoms with Gasteiger partial charge in [0, 0.05) is 36.6 Å². The van der Waals surface area contributed by atoms with Crippen LogP contribution < -0.4 is 4.90 Å². The van der Waals surface area contributed by atoms with Gasteiger partial charge in [0.2, 0.25) is 0 Å². The van der Waals surface area contributed by atoms with Crippen LogP contribution in [-0.4, -0.2) is 61.4 Å². The van der Waals surface area contributed by atoms with Gasteiger partial charge in [0.15, 0.2) is 5.13 Å². The summed E-state index contributed by atoms with van der Waals surface area (Å²) in [6.45, 7) is 4.31. The van der Waals surface area contributed by atoms with Gasteiger partial charge in [0.25, 0.3) is 5.91 Å². The predicted octanol–water partition coefficient (Wildman–Crippen LogP) is 4.14. The number of thiazole rings is 1. The molecule has 29 heavy (non-hydrogen) atoms. The molecule has 0 spiro atoms. The summed E-state index contributed by atoms with van der Waals surface area (Å²) < 4.78 is 20.3. The first-order valence-corrected chi connectivity index (χ1v) is 11.5. The zero-order valence-corrected chi connectivity index (χ0v) is 17.8. The van der Waals surface area contributed by atoms with Crippen LogP contribution in [0.1, 0.15) is 10.4 Å². The highest BCUT2D eigenvalue weighted by Crippen LogP contribution is 2.31. The van der Waals surface area contributed by atoms with E-state index >= 15 is 0 Å². The van der Waals surface area contributed by atoms with Gasteiger partial charge in [-0.25, -0.2) is 9.37 Å². The van der Waals surface area contributed by atoms with E-state index in [-0.39, 0.29) is 11.7 Å². The van der Waals surface area contributed by atoms with Crippen LogP contribution >= 0.6 is 23.1 Å². The number of fused-ring (bicyclic) bond motifs is 1. The molecular weight excluding hydrogens is 409 g/mol. The average Bonchev–Trinajstić information content (AvgIpc) is 3.20. The van der Waals surface area contributed by atoms with Crippen LogP contribution in [0, 0.1) is 5.82 Å². The van der Waals surface area contributed by atoms with E-state index in [9.17, 15) is 9.18 Å². The molecule has 0 aliphatic carbocycles. The maximum atomic E-state index is 14.2. The largest absolute Gasteiger partial charge is 0.379 e. The average molecular weight is 432 g/mol. The second-order valence-corrected chi connectivity index (χ2v) is 8.61. The van der Waals surface area contributed by atoms with E-state index in [1.165, 1.54) is 17.4 Å². The van der Waals surface area contributed by atoms with Gasteiger partial charge in [-0.05, 0) is 36.6 Å². The molecule has 1 aliphatic heterocycles. The van der Waals surface area contributed by atoms with Crippen LogP contribution in [0.15, 0.2) is 47.4 Å². The SMILES string of the molecule is CSc1cccc(C(=O)N(CCN2CCOCC2)c2nc3c(F)cccc3s2)c1. The number of carbonyl (C=O) groups is 1. The first kappa shape index (κ1) is 20.3. The number of ether oxygens (including phenoxy) is 1. The Morgan fingerprint density at radius 2 is 2.07 bits per heavy atom. The molecule has 2 aromatic carbocycles. The Morgan fingerprint density at radius 1 is 1.28 bits per heavy atom. The Kier molecular flexibility index (Phi) is 6.44. The molecule has 1 amide bonds. The summed E-state index contributed by atoms with van der Waals surface area (Å²) in [6, 6.07) is 12.5. The van der Waals surface area contributed by atoms with E-state index in [1.807, 2.05) is 36.6 Å². The Bertz CT molecular complexity index is 1000. The van der Waals surface area contributed by atoms with E-state index in [0.29, 0.717) is 36.0 Å². The van der Waals surface area contributed by atoms with Crippen LogP contribution in [0.3, 0.4) is 0 Å². The van der Waals surface area contributed by atoms with Gasteiger partial charge in [0.05, 0.1) is 17.9 Å². The van der Waals surface area contributed by atoms with E-state index in [4.69, 9.17) is 4.74 Å². The molecule has 152 valence electrons. The number of aromatic nitrogens is 1. The fraction of sp³-hybridized carbons (Fsp3) is 0.333. The van der Waals surface area contributed by atoms with Crippen LogP contribution in [0.4, 0.5) is 9.52 Å². The van der Waals surface area contributed by atoms with Gasteiger partial charge in [-0.2, -0.15) is 0 Å². The van der Waals surface area contributed by atoms with Gasteiger partial charge in [-0.15, -0.1) is 11.8 Å². The minimum absolute atomic E-state index is 0.117. The van der Waals surface area contributed by atoms with E-state index < -0.39 is 0 Å². The van der Waals surface area contributed by atoms with Crippen molar-refractivity contribution in [1.82, 2.24) is 9.88 Å². The first-order chi connectivity index (χ1) is 14.2. The molecule has 0 saturated carbocycles. The summed E-state index contributed by atoms with van der Waals surface area (Å²) in [5.41, 5.74) is 0.924. The van der Waals surface area contributed by atoms with Crippen molar-refractivity contribution in [1.29, 1.82) is 0 Å². The van der Waals surface area contributed by atoms with Crippen LogP contribution in [-0.2, 0) is 4.74 Å². The quantitative estimate of drug-likeness (QED) is 0.549. The Morgan fingerprint density at radius 3 is 2.83 bits per heavy atom. The van der Waals surface area contributed by atoms with Crippen LogP contribution in [0.25, 0.3) is 10.2 Å². The van der Waals surface area contributed by atoms with Crippen molar-refractivity contribution in [2.24, 2.45) is 0 Å². The van der Waals surface area contributed by atoms with Gasteiger partial charge in [-0.3, -0.25) is 14.6 Å². The summed E-state index contributed by atoms with van der Waals surface area (Å²) in [5, 5.41) is 0.526. The summed E-state index contributed by atoms with van der Waals surface area (Å²) in [6.07, 6.45) is 1.98. The third kappa shape index (κ3) is 4.61. The highest BCUT2D eigenvalue weighted by Gasteiger charge is 2.23. The van der Waals surface area contributed by atoms with Crippen molar-refractivity contribution in [3.8, 4) is 0 Å². The third-order valence-corrected chi connectivity index (χ3v) is 6.66. The lowest BCUT2D eigenvalue weighted by atomic mass is 10.2. The Hall–Kier alpha value is -2.00. The molecule has 5 nitrogen and oxygen atoms in total. The normalized spacial score (nSPS) is 15.0. The number of nitrogens with zero attached hydrogens (tertiary/aromatic N) is 3. The number of anilines is 1. The van der Waals surface area contributed by atoms with Crippen molar-refractivity contribution < 1.29 is 13.9 Å². The number of rotatable bonds is 6. The number of morpholine rings is 1. The monoisotopic (exact) mass is 431 g/mol. The number of amides is 1. The zero-order valence-electron chi connectivity index (χ0n) is 16.1. The summed E-state index contributed by atoms with van der Waals surface area (Å²) in [7, 11) is 0. The van der Waals surface area contributed by atoms with E-state index in [2.05, 4.69) is 9.88 Å². The molecule has 1 aromatic heterocycles. The summed E-state index contributed by atoms with van der Waals surface area (Å²) >= 11 is 2.94.